The summed E-state index contributed by atoms with van der Waals surface area (Å²) in [5.41, 5.74) is 6.32. The van der Waals surface area contributed by atoms with Gasteiger partial charge in [0.25, 0.3) is 0 Å². The summed E-state index contributed by atoms with van der Waals surface area (Å²) in [4.78, 5) is 0. The Bertz CT molecular complexity index is 442. The molecule has 1 aromatic heterocycles. The topological polar surface area (TPSA) is 72.2 Å². The summed E-state index contributed by atoms with van der Waals surface area (Å²) in [5.74, 6) is 0.783. The molecule has 98 valence electrons. The third kappa shape index (κ3) is 4.26. The van der Waals surface area contributed by atoms with Crippen LogP contribution in [0.2, 0.25) is 0 Å². The Balaban J connectivity index is 2.80. The summed E-state index contributed by atoms with van der Waals surface area (Å²) < 4.78 is 27.2. The van der Waals surface area contributed by atoms with Crippen molar-refractivity contribution in [1.82, 2.24) is 4.72 Å². The quantitative estimate of drug-likeness (QED) is 0.801. The van der Waals surface area contributed by atoms with E-state index in [1.54, 1.807) is 23.2 Å². The molecule has 0 saturated carbocycles. The van der Waals surface area contributed by atoms with Crippen molar-refractivity contribution in [3.63, 3.8) is 0 Å². The fraction of sp³-hybridized carbons (Fsp3) is 0.600. The van der Waals surface area contributed by atoms with Gasteiger partial charge in [-0.25, -0.2) is 13.1 Å². The van der Waals surface area contributed by atoms with Crippen LogP contribution in [-0.2, 0) is 16.6 Å². The summed E-state index contributed by atoms with van der Waals surface area (Å²) in [6, 6.07) is 1.62. The molecule has 0 fully saturated rings. The number of nitrogens with two attached hydrogens (primary N) is 1. The zero-order valence-electron chi connectivity index (χ0n) is 9.97. The van der Waals surface area contributed by atoms with Crippen molar-refractivity contribution in [3.05, 3.63) is 17.0 Å². The average molecular weight is 294 g/mol. The molecule has 0 amide bonds. The first-order chi connectivity index (χ1) is 8.03. The number of hydrogen-bond acceptors (Lipinski definition) is 5. The highest BCUT2D eigenvalue weighted by Crippen LogP contribution is 2.20. The number of thioether (sulfide) groups is 1. The van der Waals surface area contributed by atoms with Crippen LogP contribution in [0.15, 0.2) is 15.7 Å². The zero-order chi connectivity index (χ0) is 12.9. The van der Waals surface area contributed by atoms with E-state index < -0.39 is 10.0 Å². The second kappa shape index (κ2) is 6.75. The first-order valence-electron chi connectivity index (χ1n) is 5.32. The van der Waals surface area contributed by atoms with Crippen molar-refractivity contribution in [2.24, 2.45) is 5.73 Å². The van der Waals surface area contributed by atoms with Gasteiger partial charge in [0, 0.05) is 18.3 Å². The lowest BCUT2D eigenvalue weighted by Gasteiger charge is -2.14. The van der Waals surface area contributed by atoms with Crippen LogP contribution in [0, 0.1) is 0 Å². The summed E-state index contributed by atoms with van der Waals surface area (Å²) >= 11 is 2.85. The molecule has 1 aromatic rings. The molecular weight excluding hydrogens is 276 g/mol. The van der Waals surface area contributed by atoms with Crippen molar-refractivity contribution in [2.75, 3.05) is 12.0 Å². The highest BCUT2D eigenvalue weighted by atomic mass is 32.2. The minimum atomic E-state index is -3.38. The molecule has 4 nitrogen and oxygen atoms in total. The maximum Gasteiger partial charge on any atom is 0.250 e. The molecule has 0 aromatic carbocycles. The Hall–Kier alpha value is -0.0800. The molecule has 0 spiro atoms. The first-order valence-corrected chi connectivity index (χ1v) is 9.08. The van der Waals surface area contributed by atoms with Crippen molar-refractivity contribution in [1.29, 1.82) is 0 Å². The number of rotatable bonds is 7. The van der Waals surface area contributed by atoms with Crippen LogP contribution in [-0.4, -0.2) is 26.5 Å². The van der Waals surface area contributed by atoms with Crippen molar-refractivity contribution in [3.8, 4) is 0 Å². The fourth-order valence-electron chi connectivity index (χ4n) is 1.32. The van der Waals surface area contributed by atoms with Gasteiger partial charge in [-0.05, 0) is 29.7 Å². The largest absolute Gasteiger partial charge is 0.326 e. The molecule has 0 radical (unpaired) electrons. The fourth-order valence-corrected chi connectivity index (χ4v) is 4.70. The van der Waals surface area contributed by atoms with Crippen LogP contribution < -0.4 is 10.5 Å². The Morgan fingerprint density at radius 1 is 1.59 bits per heavy atom. The second-order valence-corrected chi connectivity index (χ2v) is 7.42. The van der Waals surface area contributed by atoms with E-state index in [0.29, 0.717) is 10.8 Å². The van der Waals surface area contributed by atoms with Crippen molar-refractivity contribution in [2.45, 2.75) is 30.1 Å². The summed E-state index contributed by atoms with van der Waals surface area (Å²) in [7, 11) is -3.38. The van der Waals surface area contributed by atoms with Gasteiger partial charge >= 0.3 is 0 Å². The molecule has 1 rings (SSSR count). The zero-order valence-corrected chi connectivity index (χ0v) is 12.4. The molecule has 7 heteroatoms. The Labute approximate surface area is 111 Å². The molecule has 17 heavy (non-hydrogen) atoms. The van der Waals surface area contributed by atoms with Gasteiger partial charge in [0.2, 0.25) is 10.0 Å². The lowest BCUT2D eigenvalue weighted by molar-refractivity contribution is 0.560. The third-order valence-corrected chi connectivity index (χ3v) is 6.06. The summed E-state index contributed by atoms with van der Waals surface area (Å²) in [6.45, 7) is 2.34. The minimum Gasteiger partial charge on any atom is -0.326 e. The number of thiophene rings is 1. The van der Waals surface area contributed by atoms with Crippen LogP contribution >= 0.6 is 23.1 Å². The maximum absolute atomic E-state index is 12.1. The Kier molecular flexibility index (Phi) is 5.94. The SMILES string of the molecule is CCC(CSC)NS(=O)(=O)c1cc(CN)cs1. The molecule has 3 N–H and O–H groups in total. The normalized spacial score (nSPS) is 13.8. The van der Waals surface area contributed by atoms with E-state index in [4.69, 9.17) is 5.73 Å². The van der Waals surface area contributed by atoms with E-state index in [0.717, 1.165) is 17.7 Å². The first kappa shape index (κ1) is 15.0. The molecule has 0 aliphatic carbocycles. The Morgan fingerprint density at radius 2 is 2.29 bits per heavy atom. The van der Waals surface area contributed by atoms with E-state index >= 15 is 0 Å². The van der Waals surface area contributed by atoms with Gasteiger partial charge in [-0.1, -0.05) is 6.92 Å². The van der Waals surface area contributed by atoms with E-state index in [-0.39, 0.29) is 6.04 Å². The van der Waals surface area contributed by atoms with Gasteiger partial charge in [0.1, 0.15) is 4.21 Å². The predicted octanol–water partition coefficient (Wildman–Crippen LogP) is 1.63. The van der Waals surface area contributed by atoms with Gasteiger partial charge in [0.05, 0.1) is 0 Å². The molecule has 1 unspecified atom stereocenters. The van der Waals surface area contributed by atoms with Crippen LogP contribution in [0.5, 0.6) is 0 Å². The third-order valence-electron chi connectivity index (χ3n) is 2.31. The van der Waals surface area contributed by atoms with E-state index in [1.165, 1.54) is 11.3 Å². The van der Waals surface area contributed by atoms with E-state index in [1.807, 2.05) is 13.2 Å². The van der Waals surface area contributed by atoms with Gasteiger partial charge < -0.3 is 5.73 Å². The van der Waals surface area contributed by atoms with Gasteiger partial charge in [-0.2, -0.15) is 11.8 Å². The molecule has 1 heterocycles. The minimum absolute atomic E-state index is 0.0153. The number of sulfonamides is 1. The highest BCUT2D eigenvalue weighted by molar-refractivity contribution is 7.98. The standard InChI is InChI=1S/C10H18N2O2S3/c1-3-9(7-15-2)12-17(13,14)10-4-8(5-11)6-16-10/h4,6,9,12H,3,5,7,11H2,1-2H3. The molecule has 0 bridgehead atoms. The van der Waals surface area contributed by atoms with Gasteiger partial charge in [-0.3, -0.25) is 0 Å². The lowest BCUT2D eigenvalue weighted by atomic mass is 10.3. The van der Waals surface area contributed by atoms with Crippen LogP contribution in [0.25, 0.3) is 0 Å². The van der Waals surface area contributed by atoms with Crippen LogP contribution in [0.4, 0.5) is 0 Å². The van der Waals surface area contributed by atoms with Crippen molar-refractivity contribution >= 4 is 33.1 Å². The molecule has 1 atom stereocenters. The molecular formula is C10H18N2O2S3. The van der Waals surface area contributed by atoms with E-state index in [9.17, 15) is 8.42 Å². The maximum atomic E-state index is 12.1. The molecule has 0 aliphatic heterocycles. The summed E-state index contributed by atoms with van der Waals surface area (Å²) in [5, 5.41) is 1.78. The molecule has 0 aliphatic rings. The monoisotopic (exact) mass is 294 g/mol. The smallest absolute Gasteiger partial charge is 0.250 e. The lowest BCUT2D eigenvalue weighted by Crippen LogP contribution is -2.35. The van der Waals surface area contributed by atoms with Crippen LogP contribution in [0.1, 0.15) is 18.9 Å². The Morgan fingerprint density at radius 3 is 2.76 bits per heavy atom. The van der Waals surface area contributed by atoms with Crippen LogP contribution in [0.3, 0.4) is 0 Å². The second-order valence-electron chi connectivity index (χ2n) is 3.66. The predicted molar refractivity (Wildman–Crippen MR) is 75.0 cm³/mol. The average Bonchev–Trinajstić information content (AvgIpc) is 2.77. The van der Waals surface area contributed by atoms with E-state index in [2.05, 4.69) is 4.72 Å². The molecule has 0 saturated heterocycles. The number of nitrogens with one attached hydrogen (secondary N) is 1. The highest BCUT2D eigenvalue weighted by Gasteiger charge is 2.20. The van der Waals surface area contributed by atoms with Gasteiger partial charge in [0.15, 0.2) is 0 Å². The number of hydrogen-bond donors (Lipinski definition) is 2. The van der Waals surface area contributed by atoms with Crippen molar-refractivity contribution < 1.29 is 8.42 Å². The van der Waals surface area contributed by atoms with Gasteiger partial charge in [-0.15, -0.1) is 11.3 Å². The summed E-state index contributed by atoms with van der Waals surface area (Å²) in [6.07, 6.45) is 2.75.